The van der Waals surface area contributed by atoms with Gasteiger partial charge in [-0.3, -0.25) is 0 Å². The van der Waals surface area contributed by atoms with E-state index >= 15 is 0 Å². The highest BCUT2D eigenvalue weighted by Crippen LogP contribution is 2.20. The van der Waals surface area contributed by atoms with Gasteiger partial charge >= 0.3 is 0 Å². The first-order valence-corrected chi connectivity index (χ1v) is 5.91. The lowest BCUT2D eigenvalue weighted by atomic mass is 10.1. The fourth-order valence-electron chi connectivity index (χ4n) is 1.30. The zero-order valence-electron chi connectivity index (χ0n) is 8.95. The predicted octanol–water partition coefficient (Wildman–Crippen LogP) is 1.00. The minimum Gasteiger partial charge on any atom is -0.323 e. The third kappa shape index (κ3) is 2.59. The summed E-state index contributed by atoms with van der Waals surface area (Å²) >= 11 is 1.56. The second kappa shape index (κ2) is 5.09. The Morgan fingerprint density at radius 2 is 2.12 bits per heavy atom. The van der Waals surface area contributed by atoms with Crippen LogP contribution >= 0.6 is 11.8 Å². The zero-order chi connectivity index (χ0) is 11.4. The molecule has 2 N–H and O–H groups in total. The minimum absolute atomic E-state index is 0.00269. The van der Waals surface area contributed by atoms with E-state index in [0.29, 0.717) is 0 Å². The van der Waals surface area contributed by atoms with Crippen molar-refractivity contribution in [2.45, 2.75) is 11.2 Å². The lowest BCUT2D eigenvalue weighted by Gasteiger charge is -2.10. The highest BCUT2D eigenvalue weighted by atomic mass is 32.2. The molecule has 0 radical (unpaired) electrons. The summed E-state index contributed by atoms with van der Waals surface area (Å²) in [5.74, 6) is 0.762. The number of nitrogens with two attached hydrogens (primary N) is 1. The van der Waals surface area contributed by atoms with Crippen molar-refractivity contribution in [1.82, 2.24) is 20.2 Å². The maximum Gasteiger partial charge on any atom is 0.209 e. The molecule has 2 aromatic rings. The monoisotopic (exact) mass is 235 g/mol. The van der Waals surface area contributed by atoms with E-state index in [1.807, 2.05) is 37.4 Å². The SMILES string of the molecule is Cn1nnnc1SCC(N)c1ccccc1. The van der Waals surface area contributed by atoms with Gasteiger partial charge in [0.05, 0.1) is 0 Å². The molecule has 0 aliphatic heterocycles. The second-order valence-corrected chi connectivity index (χ2v) is 4.40. The molecular weight excluding hydrogens is 222 g/mol. The van der Waals surface area contributed by atoms with Crippen LogP contribution in [0.4, 0.5) is 0 Å². The average molecular weight is 235 g/mol. The van der Waals surface area contributed by atoms with Crippen LogP contribution in [0.2, 0.25) is 0 Å². The molecular formula is C10H13N5S. The van der Waals surface area contributed by atoms with Gasteiger partial charge in [0.2, 0.25) is 5.16 Å². The number of thioether (sulfide) groups is 1. The van der Waals surface area contributed by atoms with E-state index in [1.165, 1.54) is 0 Å². The summed E-state index contributed by atoms with van der Waals surface area (Å²) < 4.78 is 1.64. The molecule has 0 amide bonds. The Hall–Kier alpha value is -1.40. The number of rotatable bonds is 4. The molecule has 0 saturated carbocycles. The summed E-state index contributed by atoms with van der Waals surface area (Å²) in [6.45, 7) is 0. The van der Waals surface area contributed by atoms with Gasteiger partial charge in [-0.05, 0) is 16.0 Å². The van der Waals surface area contributed by atoms with E-state index in [2.05, 4.69) is 15.5 Å². The molecule has 1 aromatic carbocycles. The van der Waals surface area contributed by atoms with Crippen molar-refractivity contribution in [3.8, 4) is 0 Å². The van der Waals surface area contributed by atoms with Crippen LogP contribution in [-0.2, 0) is 7.05 Å². The fourth-order valence-corrected chi connectivity index (χ4v) is 2.14. The topological polar surface area (TPSA) is 69.6 Å². The van der Waals surface area contributed by atoms with Crippen LogP contribution < -0.4 is 5.73 Å². The van der Waals surface area contributed by atoms with Crippen LogP contribution in [0.25, 0.3) is 0 Å². The van der Waals surface area contributed by atoms with Gasteiger partial charge in [0.15, 0.2) is 0 Å². The van der Waals surface area contributed by atoms with Gasteiger partial charge in [0, 0.05) is 18.8 Å². The standard InChI is InChI=1S/C10H13N5S/c1-15-10(12-13-14-15)16-7-9(11)8-5-3-2-4-6-8/h2-6,9H,7,11H2,1H3. The normalized spacial score (nSPS) is 12.6. The van der Waals surface area contributed by atoms with E-state index < -0.39 is 0 Å². The van der Waals surface area contributed by atoms with Crippen molar-refractivity contribution in [2.24, 2.45) is 12.8 Å². The van der Waals surface area contributed by atoms with Crippen LogP contribution in [-0.4, -0.2) is 26.0 Å². The Morgan fingerprint density at radius 1 is 1.38 bits per heavy atom. The Bertz CT molecular complexity index is 441. The first-order chi connectivity index (χ1) is 7.77. The molecule has 5 nitrogen and oxygen atoms in total. The van der Waals surface area contributed by atoms with Crippen LogP contribution in [0.1, 0.15) is 11.6 Å². The van der Waals surface area contributed by atoms with Gasteiger partial charge in [-0.15, -0.1) is 5.10 Å². The molecule has 1 atom stereocenters. The number of hydrogen-bond acceptors (Lipinski definition) is 5. The first kappa shape index (κ1) is 11.1. The van der Waals surface area contributed by atoms with Crippen molar-refractivity contribution < 1.29 is 0 Å². The summed E-state index contributed by atoms with van der Waals surface area (Å²) in [6.07, 6.45) is 0. The fraction of sp³-hybridized carbons (Fsp3) is 0.300. The van der Waals surface area contributed by atoms with E-state index in [9.17, 15) is 0 Å². The van der Waals surface area contributed by atoms with Crippen molar-refractivity contribution in [3.05, 3.63) is 35.9 Å². The molecule has 2 rings (SSSR count). The lowest BCUT2D eigenvalue weighted by Crippen LogP contribution is -2.13. The van der Waals surface area contributed by atoms with E-state index in [-0.39, 0.29) is 6.04 Å². The minimum atomic E-state index is 0.00269. The summed E-state index contributed by atoms with van der Waals surface area (Å²) in [7, 11) is 1.82. The summed E-state index contributed by atoms with van der Waals surface area (Å²) in [5, 5.41) is 12.0. The first-order valence-electron chi connectivity index (χ1n) is 4.93. The Kier molecular flexibility index (Phi) is 3.53. The Balaban J connectivity index is 1.94. The molecule has 0 aliphatic rings. The van der Waals surface area contributed by atoms with Crippen molar-refractivity contribution >= 4 is 11.8 Å². The molecule has 0 bridgehead atoms. The number of nitrogens with zero attached hydrogens (tertiary/aromatic N) is 4. The molecule has 1 heterocycles. The van der Waals surface area contributed by atoms with Crippen LogP contribution in [0.3, 0.4) is 0 Å². The van der Waals surface area contributed by atoms with E-state index in [1.54, 1.807) is 16.4 Å². The quantitative estimate of drug-likeness (QED) is 0.801. The maximum atomic E-state index is 6.06. The Labute approximate surface area is 98.0 Å². The molecule has 0 spiro atoms. The predicted molar refractivity (Wildman–Crippen MR) is 62.9 cm³/mol. The van der Waals surface area contributed by atoms with Crippen LogP contribution in [0, 0.1) is 0 Å². The smallest absolute Gasteiger partial charge is 0.209 e. The number of aryl methyl sites for hydroxylation is 1. The second-order valence-electron chi connectivity index (χ2n) is 3.41. The molecule has 0 aliphatic carbocycles. The number of tetrazole rings is 1. The van der Waals surface area contributed by atoms with Gasteiger partial charge in [-0.1, -0.05) is 42.1 Å². The summed E-state index contributed by atoms with van der Waals surface area (Å²) in [4.78, 5) is 0. The molecule has 1 aromatic heterocycles. The molecule has 1 unspecified atom stereocenters. The van der Waals surface area contributed by atoms with Gasteiger partial charge in [0.1, 0.15) is 0 Å². The third-order valence-corrected chi connectivity index (χ3v) is 3.33. The lowest BCUT2D eigenvalue weighted by molar-refractivity contribution is 0.663. The highest BCUT2D eigenvalue weighted by molar-refractivity contribution is 7.99. The van der Waals surface area contributed by atoms with E-state index in [4.69, 9.17) is 5.73 Å². The van der Waals surface area contributed by atoms with Crippen molar-refractivity contribution in [3.63, 3.8) is 0 Å². The average Bonchev–Trinajstić information content (AvgIpc) is 2.73. The van der Waals surface area contributed by atoms with Gasteiger partial charge in [-0.2, -0.15) is 0 Å². The van der Waals surface area contributed by atoms with Gasteiger partial charge in [0.25, 0.3) is 0 Å². The molecule has 0 saturated heterocycles. The summed E-state index contributed by atoms with van der Waals surface area (Å²) in [5.41, 5.74) is 7.19. The van der Waals surface area contributed by atoms with Gasteiger partial charge in [-0.25, -0.2) is 4.68 Å². The molecule has 84 valence electrons. The summed E-state index contributed by atoms with van der Waals surface area (Å²) in [6, 6.07) is 10.0. The molecule has 16 heavy (non-hydrogen) atoms. The van der Waals surface area contributed by atoms with Crippen molar-refractivity contribution in [1.29, 1.82) is 0 Å². The number of aromatic nitrogens is 4. The largest absolute Gasteiger partial charge is 0.323 e. The molecule has 0 fully saturated rings. The van der Waals surface area contributed by atoms with Crippen LogP contribution in [0.15, 0.2) is 35.5 Å². The van der Waals surface area contributed by atoms with Crippen LogP contribution in [0.5, 0.6) is 0 Å². The maximum absolute atomic E-state index is 6.06. The Morgan fingerprint density at radius 3 is 2.75 bits per heavy atom. The molecule has 6 heteroatoms. The number of benzene rings is 1. The van der Waals surface area contributed by atoms with Gasteiger partial charge < -0.3 is 5.73 Å². The number of hydrogen-bond donors (Lipinski definition) is 1. The third-order valence-electron chi connectivity index (χ3n) is 2.20. The van der Waals surface area contributed by atoms with Crippen molar-refractivity contribution in [2.75, 3.05) is 5.75 Å². The zero-order valence-corrected chi connectivity index (χ0v) is 9.76. The highest BCUT2D eigenvalue weighted by Gasteiger charge is 2.09. The van der Waals surface area contributed by atoms with E-state index in [0.717, 1.165) is 16.5 Å².